The van der Waals surface area contributed by atoms with E-state index in [-0.39, 0.29) is 13.2 Å². The lowest BCUT2D eigenvalue weighted by atomic mass is 10.1. The molecule has 1 rings (SSSR count). The SMILES string of the molecule is CCCCCCCCCC(=O)O.O=C(O)c1ccccc1.OCCOCCO. The Bertz CT molecular complexity index is 459. The average Bonchev–Trinajstić information content (AvgIpc) is 2.69. The van der Waals surface area contributed by atoms with Gasteiger partial charge in [0, 0.05) is 6.42 Å². The van der Waals surface area contributed by atoms with Gasteiger partial charge in [0.15, 0.2) is 0 Å². The van der Waals surface area contributed by atoms with E-state index in [1.807, 2.05) is 0 Å². The molecule has 0 spiro atoms. The second-order valence-electron chi connectivity index (χ2n) is 6.00. The lowest BCUT2D eigenvalue weighted by Gasteiger charge is -1.98. The van der Waals surface area contributed by atoms with Crippen LogP contribution in [0.4, 0.5) is 0 Å². The Kier molecular flexibility index (Phi) is 23.3. The number of carbonyl (C=O) groups is 2. The molecule has 0 unspecified atom stereocenters. The molecule has 0 bridgehead atoms. The summed E-state index contributed by atoms with van der Waals surface area (Å²) in [5.74, 6) is -1.54. The monoisotopic (exact) mass is 400 g/mol. The molecule has 7 heteroatoms. The van der Waals surface area contributed by atoms with Gasteiger partial charge < -0.3 is 25.2 Å². The normalized spacial score (nSPS) is 9.54. The zero-order valence-corrected chi connectivity index (χ0v) is 16.9. The molecular formula is C21H36O7. The Morgan fingerprint density at radius 2 is 1.32 bits per heavy atom. The first-order valence-electron chi connectivity index (χ1n) is 9.79. The molecule has 0 radical (unpaired) electrons. The summed E-state index contributed by atoms with van der Waals surface area (Å²) in [6.07, 6.45) is 8.64. The Morgan fingerprint density at radius 3 is 1.71 bits per heavy atom. The van der Waals surface area contributed by atoms with Gasteiger partial charge in [-0.25, -0.2) is 4.79 Å². The van der Waals surface area contributed by atoms with Gasteiger partial charge in [-0.15, -0.1) is 0 Å². The molecule has 0 aliphatic heterocycles. The fourth-order valence-corrected chi connectivity index (χ4v) is 2.05. The van der Waals surface area contributed by atoms with Gasteiger partial charge in [0.1, 0.15) is 0 Å². The topological polar surface area (TPSA) is 124 Å². The van der Waals surface area contributed by atoms with Crippen LogP contribution >= 0.6 is 0 Å². The fourth-order valence-electron chi connectivity index (χ4n) is 2.05. The Labute approximate surface area is 168 Å². The molecular weight excluding hydrogens is 364 g/mol. The number of hydrogen-bond acceptors (Lipinski definition) is 5. The number of benzene rings is 1. The Morgan fingerprint density at radius 1 is 0.821 bits per heavy atom. The maximum absolute atomic E-state index is 10.2. The predicted molar refractivity (Wildman–Crippen MR) is 109 cm³/mol. The molecule has 0 heterocycles. The maximum Gasteiger partial charge on any atom is 0.335 e. The molecule has 1 aromatic carbocycles. The molecule has 0 saturated carbocycles. The summed E-state index contributed by atoms with van der Waals surface area (Å²) in [6.45, 7) is 2.89. The summed E-state index contributed by atoms with van der Waals surface area (Å²) in [5, 5.41) is 32.9. The van der Waals surface area contributed by atoms with E-state index in [1.54, 1.807) is 30.3 Å². The Hall–Kier alpha value is -1.96. The van der Waals surface area contributed by atoms with E-state index in [1.165, 1.54) is 32.1 Å². The van der Waals surface area contributed by atoms with Crippen molar-refractivity contribution in [2.24, 2.45) is 0 Å². The molecule has 28 heavy (non-hydrogen) atoms. The molecule has 0 saturated heterocycles. The highest BCUT2D eigenvalue weighted by molar-refractivity contribution is 5.87. The van der Waals surface area contributed by atoms with Gasteiger partial charge in [-0.1, -0.05) is 63.6 Å². The second-order valence-corrected chi connectivity index (χ2v) is 6.00. The standard InChI is InChI=1S/C10H20O2.C7H6O2.C4H10O3/c1-2-3-4-5-6-7-8-9-10(11)12;8-7(9)6-4-2-1-3-5-6;5-1-3-7-4-2-6/h2-9H2,1H3,(H,11,12);1-5H,(H,8,9);5-6H,1-4H2. The van der Waals surface area contributed by atoms with Crippen LogP contribution in [0.1, 0.15) is 68.6 Å². The van der Waals surface area contributed by atoms with Crippen LogP contribution in [0.25, 0.3) is 0 Å². The molecule has 162 valence electrons. The van der Waals surface area contributed by atoms with Crippen molar-refractivity contribution in [2.45, 2.75) is 58.3 Å². The molecule has 0 fully saturated rings. The van der Waals surface area contributed by atoms with Gasteiger partial charge in [-0.05, 0) is 18.6 Å². The third kappa shape index (κ3) is 24.0. The highest BCUT2D eigenvalue weighted by atomic mass is 16.5. The second kappa shape index (κ2) is 23.1. The van der Waals surface area contributed by atoms with E-state index in [9.17, 15) is 9.59 Å². The van der Waals surface area contributed by atoms with Gasteiger partial charge in [0.25, 0.3) is 0 Å². The summed E-state index contributed by atoms with van der Waals surface area (Å²) in [5.41, 5.74) is 0.331. The highest BCUT2D eigenvalue weighted by Crippen LogP contribution is 2.07. The van der Waals surface area contributed by atoms with E-state index >= 15 is 0 Å². The van der Waals surface area contributed by atoms with Crippen molar-refractivity contribution < 1.29 is 34.8 Å². The van der Waals surface area contributed by atoms with Gasteiger partial charge in [0.05, 0.1) is 32.0 Å². The van der Waals surface area contributed by atoms with Gasteiger partial charge >= 0.3 is 11.9 Å². The van der Waals surface area contributed by atoms with Crippen LogP contribution in [0.2, 0.25) is 0 Å². The zero-order chi connectivity index (χ0) is 21.5. The summed E-state index contributed by atoms with van der Waals surface area (Å²) < 4.78 is 4.63. The number of aromatic carboxylic acids is 1. The van der Waals surface area contributed by atoms with Crippen LogP contribution in [0.3, 0.4) is 0 Å². The van der Waals surface area contributed by atoms with Gasteiger partial charge in [-0.2, -0.15) is 0 Å². The van der Waals surface area contributed by atoms with Crippen LogP contribution in [0.15, 0.2) is 30.3 Å². The van der Waals surface area contributed by atoms with Crippen molar-refractivity contribution in [2.75, 3.05) is 26.4 Å². The van der Waals surface area contributed by atoms with E-state index in [4.69, 9.17) is 20.4 Å². The van der Waals surface area contributed by atoms with Crippen LogP contribution in [-0.2, 0) is 9.53 Å². The van der Waals surface area contributed by atoms with Crippen LogP contribution in [0.5, 0.6) is 0 Å². The lowest BCUT2D eigenvalue weighted by Crippen LogP contribution is -2.03. The Balaban J connectivity index is 0. The average molecular weight is 401 g/mol. The smallest absolute Gasteiger partial charge is 0.335 e. The number of aliphatic hydroxyl groups excluding tert-OH is 2. The largest absolute Gasteiger partial charge is 0.481 e. The van der Waals surface area contributed by atoms with E-state index < -0.39 is 11.9 Å². The number of ether oxygens (including phenoxy) is 1. The van der Waals surface area contributed by atoms with Crippen LogP contribution in [-0.4, -0.2) is 58.8 Å². The number of aliphatic carboxylic acids is 1. The third-order valence-corrected chi connectivity index (χ3v) is 3.49. The molecule has 7 nitrogen and oxygen atoms in total. The summed E-state index contributed by atoms with van der Waals surface area (Å²) >= 11 is 0. The van der Waals surface area contributed by atoms with Crippen molar-refractivity contribution in [3.05, 3.63) is 35.9 Å². The van der Waals surface area contributed by atoms with Crippen molar-refractivity contribution in [1.29, 1.82) is 0 Å². The third-order valence-electron chi connectivity index (χ3n) is 3.49. The van der Waals surface area contributed by atoms with Crippen LogP contribution in [0, 0.1) is 0 Å². The molecule has 0 atom stereocenters. The van der Waals surface area contributed by atoms with E-state index in [0.717, 1.165) is 12.8 Å². The number of aliphatic hydroxyl groups is 2. The lowest BCUT2D eigenvalue weighted by molar-refractivity contribution is -0.137. The minimum absolute atomic E-state index is 0.0278. The van der Waals surface area contributed by atoms with Crippen molar-refractivity contribution in [3.8, 4) is 0 Å². The number of carboxylic acid groups (broad SMARTS) is 2. The summed E-state index contributed by atoms with van der Waals surface area (Å²) in [6, 6.07) is 8.30. The number of rotatable bonds is 13. The number of carboxylic acids is 2. The zero-order valence-electron chi connectivity index (χ0n) is 16.9. The molecule has 1 aromatic rings. The summed E-state index contributed by atoms with van der Waals surface area (Å²) in [4.78, 5) is 20.3. The maximum atomic E-state index is 10.2. The first-order valence-corrected chi connectivity index (χ1v) is 9.79. The first kappa shape index (κ1) is 28.3. The van der Waals surface area contributed by atoms with E-state index in [2.05, 4.69) is 11.7 Å². The van der Waals surface area contributed by atoms with E-state index in [0.29, 0.717) is 25.2 Å². The van der Waals surface area contributed by atoms with Crippen LogP contribution < -0.4 is 0 Å². The van der Waals surface area contributed by atoms with Gasteiger partial charge in [-0.3, -0.25) is 4.79 Å². The molecule has 0 aliphatic rings. The predicted octanol–water partition coefficient (Wildman–Crippen LogP) is 3.58. The number of unbranched alkanes of at least 4 members (excludes halogenated alkanes) is 6. The minimum Gasteiger partial charge on any atom is -0.481 e. The number of hydrogen-bond donors (Lipinski definition) is 4. The molecule has 4 N–H and O–H groups in total. The van der Waals surface area contributed by atoms with Crippen molar-refractivity contribution in [3.63, 3.8) is 0 Å². The van der Waals surface area contributed by atoms with Crippen molar-refractivity contribution in [1.82, 2.24) is 0 Å². The highest BCUT2D eigenvalue weighted by Gasteiger charge is 1.97. The molecule has 0 aliphatic carbocycles. The quantitative estimate of drug-likeness (QED) is 0.373. The molecule has 0 amide bonds. The fraction of sp³-hybridized carbons (Fsp3) is 0.619. The minimum atomic E-state index is -0.879. The van der Waals surface area contributed by atoms with Crippen molar-refractivity contribution >= 4 is 11.9 Å². The molecule has 0 aromatic heterocycles. The summed E-state index contributed by atoms with van der Waals surface area (Å²) in [7, 11) is 0. The van der Waals surface area contributed by atoms with Gasteiger partial charge in [0.2, 0.25) is 0 Å². The first-order chi connectivity index (χ1) is 13.5.